The molecule has 0 atom stereocenters. The van der Waals surface area contributed by atoms with Crippen molar-refractivity contribution in [2.75, 3.05) is 31.3 Å². The highest BCUT2D eigenvalue weighted by Crippen LogP contribution is 1.88. The summed E-state index contributed by atoms with van der Waals surface area (Å²) in [6, 6.07) is 0. The Morgan fingerprint density at radius 2 is 2.00 bits per heavy atom. The molecule has 0 rings (SSSR count). The minimum absolute atomic E-state index is 0.0451. The largest absolute Gasteiger partial charge is 0.394 e. The molecule has 0 saturated carbocycles. The van der Waals surface area contributed by atoms with E-state index >= 15 is 0 Å². The zero-order chi connectivity index (χ0) is 8.74. The highest BCUT2D eigenvalue weighted by atomic mass is 32.2. The molecule has 0 radical (unpaired) electrons. The highest BCUT2D eigenvalue weighted by Gasteiger charge is 2.05. The van der Waals surface area contributed by atoms with Crippen molar-refractivity contribution in [3.8, 4) is 0 Å². The van der Waals surface area contributed by atoms with Crippen LogP contribution in [0.15, 0.2) is 0 Å². The van der Waals surface area contributed by atoms with E-state index in [2.05, 4.69) is 0 Å². The van der Waals surface area contributed by atoms with Gasteiger partial charge in [-0.2, -0.15) is 0 Å². The molecule has 11 heavy (non-hydrogen) atoms. The molecular weight excluding hydrogens is 168 g/mol. The van der Waals surface area contributed by atoms with E-state index in [1.807, 2.05) is 0 Å². The Hall–Kier alpha value is -0.130. The second kappa shape index (κ2) is 5.51. The Kier molecular flexibility index (Phi) is 5.45. The van der Waals surface area contributed by atoms with Gasteiger partial charge < -0.3 is 9.84 Å². The summed E-state index contributed by atoms with van der Waals surface area (Å²) >= 11 is 0. The Bertz CT molecular complexity index is 173. The molecule has 5 heteroatoms. The van der Waals surface area contributed by atoms with Crippen molar-refractivity contribution in [3.63, 3.8) is 0 Å². The minimum atomic E-state index is -2.91. The fourth-order valence-electron chi connectivity index (χ4n) is 0.497. The zero-order valence-corrected chi connectivity index (χ0v) is 7.43. The maximum Gasteiger partial charge on any atom is 0.152 e. The molecule has 0 amide bonds. The topological polar surface area (TPSA) is 63.6 Å². The number of ether oxygens (including phenoxy) is 1. The van der Waals surface area contributed by atoms with Crippen molar-refractivity contribution < 1.29 is 18.3 Å². The summed E-state index contributed by atoms with van der Waals surface area (Å²) in [5, 5.41) is 8.28. The lowest BCUT2D eigenvalue weighted by molar-refractivity contribution is 0.103. The molecule has 0 aromatic heterocycles. The Balaban J connectivity index is 3.39. The van der Waals surface area contributed by atoms with Gasteiger partial charge in [-0.25, -0.2) is 8.42 Å². The Labute approximate surface area is 67.1 Å². The number of hydrogen-bond donors (Lipinski definition) is 1. The van der Waals surface area contributed by atoms with Crippen LogP contribution in [0.1, 0.15) is 6.92 Å². The van der Waals surface area contributed by atoms with Crippen LogP contribution in [0, 0.1) is 0 Å². The molecule has 0 aromatic rings. The van der Waals surface area contributed by atoms with Crippen LogP contribution in [0.3, 0.4) is 0 Å². The van der Waals surface area contributed by atoms with E-state index in [0.29, 0.717) is 0 Å². The second-order valence-electron chi connectivity index (χ2n) is 2.07. The van der Waals surface area contributed by atoms with Gasteiger partial charge in [0.05, 0.1) is 25.6 Å². The monoisotopic (exact) mass is 182 g/mol. The van der Waals surface area contributed by atoms with Gasteiger partial charge in [0.2, 0.25) is 0 Å². The van der Waals surface area contributed by atoms with Crippen LogP contribution >= 0.6 is 0 Å². The van der Waals surface area contributed by atoms with Gasteiger partial charge in [-0.1, -0.05) is 6.92 Å². The summed E-state index contributed by atoms with van der Waals surface area (Å²) in [4.78, 5) is 0. The van der Waals surface area contributed by atoms with E-state index in [4.69, 9.17) is 9.84 Å². The summed E-state index contributed by atoms with van der Waals surface area (Å²) in [7, 11) is -2.91. The molecule has 1 N–H and O–H groups in total. The minimum Gasteiger partial charge on any atom is -0.394 e. The van der Waals surface area contributed by atoms with Gasteiger partial charge in [0.1, 0.15) is 0 Å². The van der Waals surface area contributed by atoms with Crippen molar-refractivity contribution >= 4 is 9.84 Å². The SMILES string of the molecule is CCS(=O)(=O)CCOCCO. The van der Waals surface area contributed by atoms with Crippen LogP contribution in [-0.2, 0) is 14.6 Å². The predicted molar refractivity (Wildman–Crippen MR) is 42.2 cm³/mol. The van der Waals surface area contributed by atoms with E-state index in [-0.39, 0.29) is 31.3 Å². The summed E-state index contributed by atoms with van der Waals surface area (Å²) in [6.07, 6.45) is 0. The third-order valence-corrected chi connectivity index (χ3v) is 2.88. The molecule has 0 aliphatic rings. The van der Waals surface area contributed by atoms with Crippen molar-refractivity contribution in [2.24, 2.45) is 0 Å². The maximum atomic E-state index is 10.8. The molecule has 0 saturated heterocycles. The van der Waals surface area contributed by atoms with Gasteiger partial charge in [-0.3, -0.25) is 0 Å². The molecule has 0 heterocycles. The van der Waals surface area contributed by atoms with Crippen LogP contribution in [0.25, 0.3) is 0 Å². The van der Waals surface area contributed by atoms with Crippen molar-refractivity contribution in [3.05, 3.63) is 0 Å². The Morgan fingerprint density at radius 1 is 1.36 bits per heavy atom. The van der Waals surface area contributed by atoms with Crippen LogP contribution in [-0.4, -0.2) is 44.9 Å². The van der Waals surface area contributed by atoms with Crippen LogP contribution in [0.5, 0.6) is 0 Å². The average Bonchev–Trinajstić information content (AvgIpc) is 1.99. The molecule has 0 aliphatic carbocycles. The fourth-order valence-corrected chi connectivity index (χ4v) is 1.16. The third-order valence-electron chi connectivity index (χ3n) is 1.21. The lowest BCUT2D eigenvalue weighted by atomic mass is 10.7. The van der Waals surface area contributed by atoms with Crippen molar-refractivity contribution in [2.45, 2.75) is 6.92 Å². The summed E-state index contributed by atoms with van der Waals surface area (Å²) in [6.45, 7) is 1.92. The van der Waals surface area contributed by atoms with Crippen LogP contribution in [0.4, 0.5) is 0 Å². The van der Waals surface area contributed by atoms with Gasteiger partial charge in [-0.05, 0) is 0 Å². The molecule has 0 bridgehead atoms. The van der Waals surface area contributed by atoms with Gasteiger partial charge in [0, 0.05) is 5.75 Å². The predicted octanol–water partition coefficient (Wildman–Crippen LogP) is -0.570. The molecule has 0 unspecified atom stereocenters. The lowest BCUT2D eigenvalue weighted by Crippen LogP contribution is -2.15. The first-order valence-corrected chi connectivity index (χ1v) is 5.33. The third kappa shape index (κ3) is 6.28. The van der Waals surface area contributed by atoms with Crippen molar-refractivity contribution in [1.29, 1.82) is 0 Å². The molecule has 0 aromatic carbocycles. The molecule has 0 spiro atoms. The molecule has 4 nitrogen and oxygen atoms in total. The van der Waals surface area contributed by atoms with Gasteiger partial charge in [0.15, 0.2) is 9.84 Å². The van der Waals surface area contributed by atoms with E-state index in [0.717, 1.165) is 0 Å². The number of aliphatic hydroxyl groups is 1. The quantitative estimate of drug-likeness (QED) is 0.559. The van der Waals surface area contributed by atoms with Crippen LogP contribution < -0.4 is 0 Å². The zero-order valence-electron chi connectivity index (χ0n) is 6.62. The van der Waals surface area contributed by atoms with E-state index in [1.54, 1.807) is 6.92 Å². The average molecular weight is 182 g/mol. The second-order valence-corrected chi connectivity index (χ2v) is 4.55. The molecular formula is C6H14O4S. The molecule has 0 fully saturated rings. The molecule has 68 valence electrons. The summed E-state index contributed by atoms with van der Waals surface area (Å²) in [5.41, 5.74) is 0. The van der Waals surface area contributed by atoms with Crippen molar-refractivity contribution in [1.82, 2.24) is 0 Å². The van der Waals surface area contributed by atoms with Gasteiger partial charge in [0.25, 0.3) is 0 Å². The normalized spacial score (nSPS) is 11.8. The first kappa shape index (κ1) is 10.9. The number of sulfone groups is 1. The van der Waals surface area contributed by atoms with Gasteiger partial charge in [-0.15, -0.1) is 0 Å². The fraction of sp³-hybridized carbons (Fsp3) is 1.00. The number of aliphatic hydroxyl groups excluding tert-OH is 1. The summed E-state index contributed by atoms with van der Waals surface area (Å²) < 4.78 is 26.4. The van der Waals surface area contributed by atoms with E-state index in [9.17, 15) is 8.42 Å². The first-order valence-electron chi connectivity index (χ1n) is 3.51. The summed E-state index contributed by atoms with van der Waals surface area (Å²) in [5.74, 6) is 0.193. The van der Waals surface area contributed by atoms with Crippen LogP contribution in [0.2, 0.25) is 0 Å². The number of hydrogen-bond acceptors (Lipinski definition) is 4. The maximum absolute atomic E-state index is 10.8. The smallest absolute Gasteiger partial charge is 0.152 e. The number of rotatable bonds is 6. The molecule has 0 aliphatic heterocycles. The lowest BCUT2D eigenvalue weighted by Gasteiger charge is -2.01. The highest BCUT2D eigenvalue weighted by molar-refractivity contribution is 7.91. The van der Waals surface area contributed by atoms with E-state index < -0.39 is 9.84 Å². The standard InChI is InChI=1S/C6H14O4S/c1-2-11(8,9)6-5-10-4-3-7/h7H,2-6H2,1H3. The first-order chi connectivity index (χ1) is 5.12. The Morgan fingerprint density at radius 3 is 2.45 bits per heavy atom. The van der Waals surface area contributed by atoms with Gasteiger partial charge >= 0.3 is 0 Å². The van der Waals surface area contributed by atoms with E-state index in [1.165, 1.54) is 0 Å².